The Labute approximate surface area is 124 Å². The molecule has 1 N–H and O–H groups in total. The zero-order valence-electron chi connectivity index (χ0n) is 13.8. The van der Waals surface area contributed by atoms with Crippen LogP contribution in [-0.4, -0.2) is 63.4 Å². The summed E-state index contributed by atoms with van der Waals surface area (Å²) in [4.78, 5) is 14.1. The van der Waals surface area contributed by atoms with Crippen LogP contribution in [0.15, 0.2) is 0 Å². The zero-order valence-corrected chi connectivity index (χ0v) is 13.8. The Kier molecular flexibility index (Phi) is 10.7. The molecule has 0 aliphatic rings. The minimum absolute atomic E-state index is 0.160. The van der Waals surface area contributed by atoms with Gasteiger partial charge in [-0.15, -0.1) is 0 Å². The lowest BCUT2D eigenvalue weighted by molar-refractivity contribution is -0.150. The maximum Gasteiger partial charge on any atom is 0.326 e. The van der Waals surface area contributed by atoms with E-state index in [4.69, 9.17) is 9.47 Å². The molecule has 0 saturated heterocycles. The molecule has 5 nitrogen and oxygen atoms in total. The summed E-state index contributed by atoms with van der Waals surface area (Å²) >= 11 is 0. The third-order valence-corrected chi connectivity index (χ3v) is 3.57. The molecular weight excluding hydrogens is 256 g/mol. The average molecular weight is 288 g/mol. The smallest absolute Gasteiger partial charge is 0.326 e. The number of carbonyl (C=O) groups is 1. The van der Waals surface area contributed by atoms with Crippen molar-refractivity contribution in [3.05, 3.63) is 0 Å². The minimum atomic E-state index is -0.570. The van der Waals surface area contributed by atoms with Gasteiger partial charge in [0, 0.05) is 13.2 Å². The van der Waals surface area contributed by atoms with E-state index in [1.807, 2.05) is 27.8 Å². The van der Waals surface area contributed by atoms with Crippen LogP contribution in [0.3, 0.4) is 0 Å². The van der Waals surface area contributed by atoms with Crippen LogP contribution in [0.1, 0.15) is 40.0 Å². The molecule has 0 aromatic heterocycles. The first-order valence-electron chi connectivity index (χ1n) is 7.62. The Balaban J connectivity index is 3.87. The first-order chi connectivity index (χ1) is 9.50. The summed E-state index contributed by atoms with van der Waals surface area (Å²) in [6, 6.07) is 0. The van der Waals surface area contributed by atoms with Gasteiger partial charge < -0.3 is 19.7 Å². The van der Waals surface area contributed by atoms with Crippen LogP contribution in [-0.2, 0) is 14.3 Å². The summed E-state index contributed by atoms with van der Waals surface area (Å²) in [5.41, 5.74) is -0.570. The highest BCUT2D eigenvalue weighted by molar-refractivity contribution is 5.80. The lowest BCUT2D eigenvalue weighted by Gasteiger charge is -2.27. The van der Waals surface area contributed by atoms with Crippen LogP contribution >= 0.6 is 0 Å². The van der Waals surface area contributed by atoms with Gasteiger partial charge in [-0.3, -0.25) is 4.79 Å². The molecule has 120 valence electrons. The van der Waals surface area contributed by atoms with Gasteiger partial charge >= 0.3 is 5.97 Å². The Hall–Kier alpha value is -0.650. The molecule has 0 heterocycles. The van der Waals surface area contributed by atoms with Gasteiger partial charge in [0.05, 0.1) is 13.2 Å². The van der Waals surface area contributed by atoms with Gasteiger partial charge in [-0.25, -0.2) is 0 Å². The summed E-state index contributed by atoms with van der Waals surface area (Å²) in [6.45, 7) is 9.71. The van der Waals surface area contributed by atoms with Gasteiger partial charge in [0.2, 0.25) is 0 Å². The normalized spacial score (nSPS) is 14.3. The van der Waals surface area contributed by atoms with E-state index in [2.05, 4.69) is 17.3 Å². The molecule has 0 aliphatic heterocycles. The Morgan fingerprint density at radius 1 is 1.20 bits per heavy atom. The van der Waals surface area contributed by atoms with E-state index in [0.29, 0.717) is 6.61 Å². The third kappa shape index (κ3) is 7.82. The molecule has 0 bridgehead atoms. The summed E-state index contributed by atoms with van der Waals surface area (Å²) in [6.07, 6.45) is 2.86. The second-order valence-electron chi connectivity index (χ2n) is 5.26. The van der Waals surface area contributed by atoms with E-state index in [-0.39, 0.29) is 5.97 Å². The van der Waals surface area contributed by atoms with Crippen molar-refractivity contribution in [3.8, 4) is 0 Å². The number of esters is 1. The van der Waals surface area contributed by atoms with E-state index >= 15 is 0 Å². The maximum atomic E-state index is 11.9. The summed E-state index contributed by atoms with van der Waals surface area (Å²) in [5.74, 6) is -0.160. The quantitative estimate of drug-likeness (QED) is 0.437. The van der Waals surface area contributed by atoms with Gasteiger partial charge in [-0.05, 0) is 60.7 Å². The molecule has 20 heavy (non-hydrogen) atoms. The fraction of sp³-hybridized carbons (Fsp3) is 0.933. The van der Waals surface area contributed by atoms with Crippen LogP contribution in [0.5, 0.6) is 0 Å². The van der Waals surface area contributed by atoms with Crippen LogP contribution < -0.4 is 5.32 Å². The number of rotatable bonds is 12. The molecule has 0 fully saturated rings. The summed E-state index contributed by atoms with van der Waals surface area (Å²) in [5, 5.41) is 3.08. The lowest BCUT2D eigenvalue weighted by atomic mass is 9.95. The molecule has 0 radical (unpaired) electrons. The van der Waals surface area contributed by atoms with Crippen molar-refractivity contribution >= 4 is 5.97 Å². The topological polar surface area (TPSA) is 50.8 Å². The van der Waals surface area contributed by atoms with Crippen molar-refractivity contribution in [1.29, 1.82) is 0 Å². The van der Waals surface area contributed by atoms with Crippen molar-refractivity contribution < 1.29 is 14.3 Å². The van der Waals surface area contributed by atoms with E-state index in [9.17, 15) is 4.79 Å². The monoisotopic (exact) mass is 288 g/mol. The van der Waals surface area contributed by atoms with Gasteiger partial charge in [0.25, 0.3) is 0 Å². The number of nitrogens with one attached hydrogen (secondary N) is 1. The highest BCUT2D eigenvalue weighted by Crippen LogP contribution is 2.15. The number of likely N-dealkylation sites (N-methyl/N-ethyl adjacent to an activating group) is 2. The molecule has 0 spiro atoms. The first-order valence-corrected chi connectivity index (χ1v) is 7.62. The van der Waals surface area contributed by atoms with Crippen molar-refractivity contribution in [3.63, 3.8) is 0 Å². The van der Waals surface area contributed by atoms with Crippen LogP contribution in [0.25, 0.3) is 0 Å². The molecule has 0 rings (SSSR count). The average Bonchev–Trinajstić information content (AvgIpc) is 2.44. The largest absolute Gasteiger partial charge is 0.465 e. The first kappa shape index (κ1) is 19.4. The maximum absolute atomic E-state index is 11.9. The van der Waals surface area contributed by atoms with Crippen molar-refractivity contribution in [2.75, 3.05) is 47.0 Å². The minimum Gasteiger partial charge on any atom is -0.465 e. The number of unbranched alkanes of at least 4 members (excludes halogenated alkanes) is 1. The van der Waals surface area contributed by atoms with Crippen LogP contribution in [0.4, 0.5) is 0 Å². The van der Waals surface area contributed by atoms with E-state index in [1.54, 1.807) is 0 Å². The lowest BCUT2D eigenvalue weighted by Crippen LogP contribution is -2.48. The molecular formula is C15H32N2O3. The molecule has 1 atom stereocenters. The number of hydrogen-bond acceptors (Lipinski definition) is 5. The number of ether oxygens (including phenoxy) is 2. The molecule has 0 saturated carbocycles. The molecule has 0 aromatic carbocycles. The predicted octanol–water partition coefficient (Wildman–Crippen LogP) is 1.67. The molecule has 1 unspecified atom stereocenters. The molecule has 5 heteroatoms. The fourth-order valence-electron chi connectivity index (χ4n) is 1.96. The van der Waals surface area contributed by atoms with Crippen LogP contribution in [0, 0.1) is 0 Å². The number of carbonyl (C=O) groups excluding carboxylic acids is 1. The Bertz CT molecular complexity index is 262. The standard InChI is InChI=1S/C15H32N2O3/c1-6-19-13-12-17(5)11-9-8-10-15(3,16-4)14(18)20-7-2/h16H,6-13H2,1-5H3. The number of nitrogens with zero attached hydrogens (tertiary/aromatic N) is 1. The van der Waals surface area contributed by atoms with E-state index < -0.39 is 5.54 Å². The van der Waals surface area contributed by atoms with Gasteiger partial charge in [0.15, 0.2) is 0 Å². The second-order valence-corrected chi connectivity index (χ2v) is 5.26. The summed E-state index contributed by atoms with van der Waals surface area (Å²) < 4.78 is 10.4. The Morgan fingerprint density at radius 2 is 1.90 bits per heavy atom. The van der Waals surface area contributed by atoms with E-state index in [0.717, 1.165) is 45.6 Å². The predicted molar refractivity (Wildman–Crippen MR) is 81.9 cm³/mol. The Morgan fingerprint density at radius 3 is 2.45 bits per heavy atom. The molecule has 0 aliphatic carbocycles. The van der Waals surface area contributed by atoms with E-state index in [1.165, 1.54) is 0 Å². The van der Waals surface area contributed by atoms with Crippen molar-refractivity contribution in [2.24, 2.45) is 0 Å². The van der Waals surface area contributed by atoms with Crippen LogP contribution in [0.2, 0.25) is 0 Å². The second kappa shape index (κ2) is 11.1. The van der Waals surface area contributed by atoms with Gasteiger partial charge in [0.1, 0.15) is 5.54 Å². The zero-order chi connectivity index (χ0) is 15.4. The van der Waals surface area contributed by atoms with Crippen molar-refractivity contribution in [1.82, 2.24) is 10.2 Å². The van der Waals surface area contributed by atoms with Gasteiger partial charge in [-0.2, -0.15) is 0 Å². The molecule has 0 aromatic rings. The van der Waals surface area contributed by atoms with Gasteiger partial charge in [-0.1, -0.05) is 0 Å². The highest BCUT2D eigenvalue weighted by atomic mass is 16.5. The molecule has 0 amide bonds. The third-order valence-electron chi connectivity index (χ3n) is 3.57. The van der Waals surface area contributed by atoms with Crippen molar-refractivity contribution in [2.45, 2.75) is 45.6 Å². The summed E-state index contributed by atoms with van der Waals surface area (Å²) in [7, 11) is 3.91. The number of hydrogen-bond donors (Lipinski definition) is 1. The highest BCUT2D eigenvalue weighted by Gasteiger charge is 2.32. The SMILES string of the molecule is CCOCCN(C)CCCCC(C)(NC)C(=O)OCC. The fourth-order valence-corrected chi connectivity index (χ4v) is 1.96.